The van der Waals surface area contributed by atoms with Gasteiger partial charge in [0.25, 0.3) is 5.91 Å². The van der Waals surface area contributed by atoms with Crippen molar-refractivity contribution in [1.82, 2.24) is 10.2 Å². The number of hydrogen-bond acceptors (Lipinski definition) is 4. The molecule has 1 aromatic carbocycles. The molecule has 0 heterocycles. The fraction of sp³-hybridized carbons (Fsp3) is 0.533. The fourth-order valence-electron chi connectivity index (χ4n) is 1.75. The number of rotatable bonds is 9. The minimum Gasteiger partial charge on any atom is -0.383 e. The number of thioether (sulfide) groups is 1. The third-order valence-electron chi connectivity index (χ3n) is 3.03. The molecule has 0 atom stereocenters. The lowest BCUT2D eigenvalue weighted by Crippen LogP contribution is -2.29. The number of hydrogen-bond donors (Lipinski definition) is 1. The van der Waals surface area contributed by atoms with E-state index in [9.17, 15) is 4.79 Å². The number of carbonyl (C=O) groups is 1. The van der Waals surface area contributed by atoms with Crippen LogP contribution in [0.5, 0.6) is 0 Å². The molecule has 1 rings (SSSR count). The monoisotopic (exact) mass is 296 g/mol. The maximum absolute atomic E-state index is 11.9. The quantitative estimate of drug-likeness (QED) is 0.560. The van der Waals surface area contributed by atoms with Gasteiger partial charge < -0.3 is 15.0 Å². The van der Waals surface area contributed by atoms with Crippen molar-refractivity contribution >= 4 is 17.7 Å². The molecule has 0 radical (unpaired) electrons. The standard InChI is InChI=1S/C15H24N2O2S/c1-17(11-12-19-2)10-4-9-16-15(18)13-5-7-14(20-3)8-6-13/h5-8H,4,9-12H2,1-3H3,(H,16,18). The second kappa shape index (κ2) is 9.80. The van der Waals surface area contributed by atoms with E-state index in [1.807, 2.05) is 30.5 Å². The molecule has 1 amide bonds. The third kappa shape index (κ3) is 6.41. The summed E-state index contributed by atoms with van der Waals surface area (Å²) in [6, 6.07) is 7.67. The lowest BCUT2D eigenvalue weighted by atomic mass is 10.2. The first-order valence-corrected chi connectivity index (χ1v) is 7.99. The van der Waals surface area contributed by atoms with Crippen molar-refractivity contribution in [2.45, 2.75) is 11.3 Å². The lowest BCUT2D eigenvalue weighted by molar-refractivity contribution is 0.0951. The van der Waals surface area contributed by atoms with Gasteiger partial charge in [0.15, 0.2) is 0 Å². The van der Waals surface area contributed by atoms with Crippen LogP contribution < -0.4 is 5.32 Å². The highest BCUT2D eigenvalue weighted by atomic mass is 32.2. The molecule has 0 saturated carbocycles. The average molecular weight is 296 g/mol. The molecule has 5 heteroatoms. The molecule has 112 valence electrons. The summed E-state index contributed by atoms with van der Waals surface area (Å²) in [4.78, 5) is 15.3. The van der Waals surface area contributed by atoms with E-state index in [0.29, 0.717) is 6.54 Å². The van der Waals surface area contributed by atoms with E-state index in [0.717, 1.165) is 31.7 Å². The number of amides is 1. The normalized spacial score (nSPS) is 10.8. The number of likely N-dealkylation sites (N-methyl/N-ethyl adjacent to an activating group) is 1. The molecule has 1 aromatic rings. The van der Waals surface area contributed by atoms with Crippen molar-refractivity contribution in [3.63, 3.8) is 0 Å². The number of nitrogens with one attached hydrogen (secondary N) is 1. The first-order chi connectivity index (χ1) is 9.67. The smallest absolute Gasteiger partial charge is 0.251 e. The highest BCUT2D eigenvalue weighted by molar-refractivity contribution is 7.98. The predicted molar refractivity (Wildman–Crippen MR) is 84.5 cm³/mol. The molecule has 0 unspecified atom stereocenters. The summed E-state index contributed by atoms with van der Waals surface area (Å²) in [5.41, 5.74) is 0.718. The fourth-order valence-corrected chi connectivity index (χ4v) is 2.16. The van der Waals surface area contributed by atoms with Gasteiger partial charge in [-0.1, -0.05) is 0 Å². The Balaban J connectivity index is 2.22. The molecular weight excluding hydrogens is 272 g/mol. The summed E-state index contributed by atoms with van der Waals surface area (Å²) in [5.74, 6) is -0.00259. The zero-order valence-electron chi connectivity index (χ0n) is 12.5. The van der Waals surface area contributed by atoms with Crippen LogP contribution in [0.3, 0.4) is 0 Å². The molecule has 4 nitrogen and oxygen atoms in total. The van der Waals surface area contributed by atoms with Gasteiger partial charge in [-0.25, -0.2) is 0 Å². The first-order valence-electron chi connectivity index (χ1n) is 6.77. The van der Waals surface area contributed by atoms with Crippen LogP contribution in [-0.2, 0) is 4.74 Å². The van der Waals surface area contributed by atoms with Crippen molar-refractivity contribution in [3.05, 3.63) is 29.8 Å². The third-order valence-corrected chi connectivity index (χ3v) is 3.78. The Morgan fingerprint density at radius 3 is 2.60 bits per heavy atom. The first kappa shape index (κ1) is 17.0. The van der Waals surface area contributed by atoms with Crippen LogP contribution in [0.4, 0.5) is 0 Å². The van der Waals surface area contributed by atoms with Gasteiger partial charge in [-0.2, -0.15) is 0 Å². The molecule has 0 saturated heterocycles. The number of nitrogens with zero attached hydrogens (tertiary/aromatic N) is 1. The van der Waals surface area contributed by atoms with Crippen LogP contribution in [0.1, 0.15) is 16.8 Å². The molecule has 0 aliphatic rings. The number of carbonyl (C=O) groups excluding carboxylic acids is 1. The second-order valence-corrected chi connectivity index (χ2v) is 5.51. The summed E-state index contributed by atoms with van der Waals surface area (Å²) in [6.07, 6.45) is 2.96. The number of methoxy groups -OCH3 is 1. The van der Waals surface area contributed by atoms with E-state index >= 15 is 0 Å². The molecule has 20 heavy (non-hydrogen) atoms. The molecule has 0 aromatic heterocycles. The lowest BCUT2D eigenvalue weighted by Gasteiger charge is -2.15. The maximum atomic E-state index is 11.9. The molecular formula is C15H24N2O2S. The largest absolute Gasteiger partial charge is 0.383 e. The van der Waals surface area contributed by atoms with Crippen LogP contribution >= 0.6 is 11.8 Å². The molecule has 0 bridgehead atoms. The zero-order chi connectivity index (χ0) is 14.8. The average Bonchev–Trinajstić information content (AvgIpc) is 2.49. The molecule has 0 aliphatic heterocycles. The van der Waals surface area contributed by atoms with Crippen LogP contribution in [0.2, 0.25) is 0 Å². The van der Waals surface area contributed by atoms with Gasteiger partial charge in [0.05, 0.1) is 6.61 Å². The van der Waals surface area contributed by atoms with Crippen LogP contribution in [0.25, 0.3) is 0 Å². The van der Waals surface area contributed by atoms with Gasteiger partial charge in [0.2, 0.25) is 0 Å². The van der Waals surface area contributed by atoms with Crippen molar-refractivity contribution in [1.29, 1.82) is 0 Å². The van der Waals surface area contributed by atoms with E-state index in [1.54, 1.807) is 18.9 Å². The van der Waals surface area contributed by atoms with Gasteiger partial charge in [0, 0.05) is 30.7 Å². The number of benzene rings is 1. The van der Waals surface area contributed by atoms with E-state index in [1.165, 1.54) is 4.90 Å². The van der Waals surface area contributed by atoms with Crippen molar-refractivity contribution in [2.24, 2.45) is 0 Å². The SMILES string of the molecule is COCCN(C)CCCNC(=O)c1ccc(SC)cc1. The summed E-state index contributed by atoms with van der Waals surface area (Å²) in [5, 5.41) is 2.94. The van der Waals surface area contributed by atoms with Gasteiger partial charge in [-0.05, 0) is 50.5 Å². The molecule has 1 N–H and O–H groups in total. The van der Waals surface area contributed by atoms with E-state index in [-0.39, 0.29) is 5.91 Å². The Bertz CT molecular complexity index is 395. The van der Waals surface area contributed by atoms with Crippen molar-refractivity contribution < 1.29 is 9.53 Å². The predicted octanol–water partition coefficient (Wildman–Crippen LogP) is 2.11. The minimum absolute atomic E-state index is 0.00259. The van der Waals surface area contributed by atoms with E-state index in [4.69, 9.17) is 4.74 Å². The number of ether oxygens (including phenoxy) is 1. The molecule has 0 aliphatic carbocycles. The van der Waals surface area contributed by atoms with Gasteiger partial charge >= 0.3 is 0 Å². The zero-order valence-corrected chi connectivity index (χ0v) is 13.3. The van der Waals surface area contributed by atoms with Gasteiger partial charge in [-0.3, -0.25) is 4.79 Å². The molecule has 0 spiro atoms. The molecule has 0 fully saturated rings. The van der Waals surface area contributed by atoms with Gasteiger partial charge in [0.1, 0.15) is 0 Å². The summed E-state index contributed by atoms with van der Waals surface area (Å²) < 4.78 is 5.02. The van der Waals surface area contributed by atoms with E-state index in [2.05, 4.69) is 17.3 Å². The van der Waals surface area contributed by atoms with Crippen LogP contribution in [-0.4, -0.2) is 57.5 Å². The second-order valence-electron chi connectivity index (χ2n) is 4.63. The summed E-state index contributed by atoms with van der Waals surface area (Å²) in [7, 11) is 3.76. The topological polar surface area (TPSA) is 41.6 Å². The van der Waals surface area contributed by atoms with Gasteiger partial charge in [-0.15, -0.1) is 11.8 Å². The Kier molecular flexibility index (Phi) is 8.34. The van der Waals surface area contributed by atoms with Crippen molar-refractivity contribution in [3.8, 4) is 0 Å². The Labute approximate surface area is 125 Å². The van der Waals surface area contributed by atoms with Crippen LogP contribution in [0, 0.1) is 0 Å². The maximum Gasteiger partial charge on any atom is 0.251 e. The highest BCUT2D eigenvalue weighted by Crippen LogP contribution is 2.14. The Hall–Kier alpha value is -1.04. The van der Waals surface area contributed by atoms with Crippen molar-refractivity contribution in [2.75, 3.05) is 46.7 Å². The minimum atomic E-state index is -0.00259. The summed E-state index contributed by atoms with van der Waals surface area (Å²) >= 11 is 1.67. The Morgan fingerprint density at radius 1 is 1.30 bits per heavy atom. The summed E-state index contributed by atoms with van der Waals surface area (Å²) in [6.45, 7) is 3.31. The Morgan fingerprint density at radius 2 is 2.00 bits per heavy atom. The van der Waals surface area contributed by atoms with Crippen LogP contribution in [0.15, 0.2) is 29.2 Å². The van der Waals surface area contributed by atoms with E-state index < -0.39 is 0 Å². The highest BCUT2D eigenvalue weighted by Gasteiger charge is 2.04.